The Morgan fingerprint density at radius 2 is 1.97 bits per heavy atom. The number of ether oxygens (including phenoxy) is 1. The number of carboxylic acids is 1. The highest BCUT2D eigenvalue weighted by atomic mass is 16.5. The molecule has 0 amide bonds. The van der Waals surface area contributed by atoms with Crippen molar-refractivity contribution >= 4 is 23.2 Å². The summed E-state index contributed by atoms with van der Waals surface area (Å²) in [6.45, 7) is 0.405. The zero-order valence-electron chi connectivity index (χ0n) is 15.1. The predicted molar refractivity (Wildman–Crippen MR) is 106 cm³/mol. The third kappa shape index (κ3) is 3.84. The highest BCUT2D eigenvalue weighted by molar-refractivity contribution is 5.87. The number of benzene rings is 2. The van der Waals surface area contributed by atoms with Crippen LogP contribution in [0, 0.1) is 11.3 Å². The van der Waals surface area contributed by atoms with Gasteiger partial charge in [-0.1, -0.05) is 24.3 Å². The summed E-state index contributed by atoms with van der Waals surface area (Å²) in [7, 11) is 0. The van der Waals surface area contributed by atoms with Gasteiger partial charge in [-0.25, -0.2) is 14.8 Å². The van der Waals surface area contributed by atoms with Gasteiger partial charge in [-0.15, -0.1) is 0 Å². The Morgan fingerprint density at radius 3 is 2.69 bits per heavy atom. The molecular weight excluding hydrogens is 370 g/mol. The number of rotatable bonds is 5. The van der Waals surface area contributed by atoms with Crippen LogP contribution in [0.25, 0.3) is 5.57 Å². The number of para-hydroxylation sites is 2. The van der Waals surface area contributed by atoms with Gasteiger partial charge < -0.3 is 20.5 Å². The molecule has 0 saturated heterocycles. The Kier molecular flexibility index (Phi) is 4.78. The SMILES string of the molecule is N#C/C(=C1\Nc2ccccc2O1)c1ccnc(NCc2ccc(C(=O)O)cc2)n1. The Labute approximate surface area is 166 Å². The number of fused-ring (bicyclic) bond motifs is 1. The zero-order chi connectivity index (χ0) is 20.2. The third-order valence-corrected chi connectivity index (χ3v) is 4.25. The van der Waals surface area contributed by atoms with Crippen molar-refractivity contribution in [2.75, 3.05) is 10.6 Å². The van der Waals surface area contributed by atoms with Crippen LogP contribution in [0.15, 0.2) is 66.7 Å². The van der Waals surface area contributed by atoms with Crippen LogP contribution in [0.3, 0.4) is 0 Å². The quantitative estimate of drug-likeness (QED) is 0.571. The van der Waals surface area contributed by atoms with E-state index < -0.39 is 5.97 Å². The first-order valence-electron chi connectivity index (χ1n) is 8.72. The topological polar surface area (TPSA) is 120 Å². The second-order valence-corrected chi connectivity index (χ2v) is 6.16. The fourth-order valence-corrected chi connectivity index (χ4v) is 2.78. The summed E-state index contributed by atoms with van der Waals surface area (Å²) >= 11 is 0. The van der Waals surface area contributed by atoms with Crippen LogP contribution < -0.4 is 15.4 Å². The highest BCUT2D eigenvalue weighted by Gasteiger charge is 2.21. The van der Waals surface area contributed by atoms with E-state index in [2.05, 4.69) is 26.7 Å². The van der Waals surface area contributed by atoms with Crippen LogP contribution in [0.5, 0.6) is 5.75 Å². The summed E-state index contributed by atoms with van der Waals surface area (Å²) in [5.41, 5.74) is 2.56. The normalized spacial score (nSPS) is 13.5. The first-order chi connectivity index (χ1) is 14.1. The number of nitrogens with one attached hydrogen (secondary N) is 2. The average molecular weight is 385 g/mol. The predicted octanol–water partition coefficient (Wildman–Crippen LogP) is 3.48. The van der Waals surface area contributed by atoms with Crippen LogP contribution in [-0.2, 0) is 6.54 Å². The van der Waals surface area contributed by atoms with Crippen LogP contribution >= 0.6 is 0 Å². The number of hydrogen-bond donors (Lipinski definition) is 3. The van der Waals surface area contributed by atoms with Crippen LogP contribution in [0.1, 0.15) is 21.6 Å². The highest BCUT2D eigenvalue weighted by Crippen LogP contribution is 2.35. The molecule has 3 N–H and O–H groups in total. The number of allylic oxidation sites excluding steroid dienone is 1. The van der Waals surface area contributed by atoms with Gasteiger partial charge in [0.1, 0.15) is 11.6 Å². The minimum atomic E-state index is -0.970. The molecule has 8 nitrogen and oxygen atoms in total. The molecule has 4 rings (SSSR count). The van der Waals surface area contributed by atoms with Gasteiger partial charge in [0.05, 0.1) is 16.9 Å². The number of carbonyl (C=O) groups is 1. The van der Waals surface area contributed by atoms with Crippen molar-refractivity contribution in [3.05, 3.63) is 83.5 Å². The maximum atomic E-state index is 10.9. The van der Waals surface area contributed by atoms with Gasteiger partial charge in [0.2, 0.25) is 11.8 Å². The molecule has 2 aromatic carbocycles. The summed E-state index contributed by atoms with van der Waals surface area (Å²) in [5.74, 6) is 0.339. The van der Waals surface area contributed by atoms with Gasteiger partial charge in [-0.3, -0.25) is 0 Å². The van der Waals surface area contributed by atoms with E-state index in [1.54, 1.807) is 24.4 Å². The summed E-state index contributed by atoms with van der Waals surface area (Å²) in [6.07, 6.45) is 1.55. The number of nitrogens with zero attached hydrogens (tertiary/aromatic N) is 3. The number of anilines is 2. The largest absolute Gasteiger partial charge is 0.478 e. The molecule has 1 aliphatic rings. The smallest absolute Gasteiger partial charge is 0.335 e. The van der Waals surface area contributed by atoms with Gasteiger partial charge >= 0.3 is 5.97 Å². The average Bonchev–Trinajstić information content (AvgIpc) is 3.17. The van der Waals surface area contributed by atoms with E-state index in [1.165, 1.54) is 12.1 Å². The third-order valence-electron chi connectivity index (χ3n) is 4.25. The molecule has 0 bridgehead atoms. The molecule has 29 heavy (non-hydrogen) atoms. The molecule has 0 fully saturated rings. The summed E-state index contributed by atoms with van der Waals surface area (Å²) in [6, 6.07) is 17.7. The van der Waals surface area contributed by atoms with Gasteiger partial charge in [0, 0.05) is 12.7 Å². The molecule has 8 heteroatoms. The Balaban J connectivity index is 1.52. The molecule has 142 valence electrons. The number of aromatic carboxylic acids is 1. The molecule has 3 aromatic rings. The van der Waals surface area contributed by atoms with Gasteiger partial charge in [0.25, 0.3) is 0 Å². The van der Waals surface area contributed by atoms with Crippen molar-refractivity contribution in [2.24, 2.45) is 0 Å². The summed E-state index contributed by atoms with van der Waals surface area (Å²) in [4.78, 5) is 19.5. The minimum absolute atomic E-state index is 0.224. The van der Waals surface area contributed by atoms with Gasteiger partial charge in [0.15, 0.2) is 5.75 Å². The first-order valence-corrected chi connectivity index (χ1v) is 8.72. The standard InChI is InChI=1S/C21H15N5O3/c22-11-15(19-25-17-3-1-2-4-18(17)29-19)16-9-10-23-21(26-16)24-12-13-5-7-14(8-6-13)20(27)28/h1-10,25H,12H2,(H,27,28)(H,23,24,26)/b19-15-. The zero-order valence-corrected chi connectivity index (χ0v) is 15.1. The molecule has 0 radical (unpaired) electrons. The number of aromatic nitrogens is 2. The van der Waals surface area contributed by atoms with Gasteiger partial charge in [-0.2, -0.15) is 5.26 Å². The lowest BCUT2D eigenvalue weighted by Gasteiger charge is -2.08. The van der Waals surface area contributed by atoms with E-state index in [4.69, 9.17) is 9.84 Å². The van der Waals surface area contributed by atoms with Crippen LogP contribution in [0.4, 0.5) is 11.6 Å². The van der Waals surface area contributed by atoms with Crippen LogP contribution in [-0.4, -0.2) is 21.0 Å². The fourth-order valence-electron chi connectivity index (χ4n) is 2.78. The van der Waals surface area contributed by atoms with Crippen LogP contribution in [0.2, 0.25) is 0 Å². The van der Waals surface area contributed by atoms with E-state index in [-0.39, 0.29) is 11.1 Å². The number of nitriles is 1. The molecule has 2 heterocycles. The molecule has 0 spiro atoms. The summed E-state index contributed by atoms with van der Waals surface area (Å²) < 4.78 is 5.73. The lowest BCUT2D eigenvalue weighted by Crippen LogP contribution is -2.07. The maximum absolute atomic E-state index is 10.9. The number of hydrogen-bond acceptors (Lipinski definition) is 7. The maximum Gasteiger partial charge on any atom is 0.335 e. The minimum Gasteiger partial charge on any atom is -0.478 e. The molecular formula is C21H15N5O3. The second-order valence-electron chi connectivity index (χ2n) is 6.16. The molecule has 0 saturated carbocycles. The van der Waals surface area contributed by atoms with E-state index in [0.29, 0.717) is 29.8 Å². The lowest BCUT2D eigenvalue weighted by molar-refractivity contribution is 0.0697. The fraction of sp³-hybridized carbons (Fsp3) is 0.0476. The first kappa shape index (κ1) is 18.0. The van der Waals surface area contributed by atoms with Crippen molar-refractivity contribution in [1.29, 1.82) is 5.26 Å². The van der Waals surface area contributed by atoms with Crippen molar-refractivity contribution in [1.82, 2.24) is 9.97 Å². The number of carboxylic acid groups (broad SMARTS) is 1. The Morgan fingerprint density at radius 1 is 1.17 bits per heavy atom. The molecule has 1 aliphatic heterocycles. The summed E-state index contributed by atoms with van der Waals surface area (Å²) in [5, 5.41) is 24.7. The Bertz CT molecular complexity index is 1120. The van der Waals surface area contributed by atoms with Crippen molar-refractivity contribution in [3.8, 4) is 11.8 Å². The van der Waals surface area contributed by atoms with E-state index >= 15 is 0 Å². The van der Waals surface area contributed by atoms with Crippen molar-refractivity contribution in [3.63, 3.8) is 0 Å². The molecule has 0 unspecified atom stereocenters. The lowest BCUT2D eigenvalue weighted by atomic mass is 10.1. The molecule has 0 aliphatic carbocycles. The monoisotopic (exact) mass is 385 g/mol. The van der Waals surface area contributed by atoms with E-state index in [0.717, 1.165) is 11.3 Å². The van der Waals surface area contributed by atoms with E-state index in [9.17, 15) is 10.1 Å². The molecule has 0 atom stereocenters. The van der Waals surface area contributed by atoms with Crippen molar-refractivity contribution in [2.45, 2.75) is 6.54 Å². The molecule has 1 aromatic heterocycles. The Hall–Kier alpha value is -4.38. The second kappa shape index (κ2) is 7.70. The van der Waals surface area contributed by atoms with E-state index in [1.807, 2.05) is 24.3 Å². The van der Waals surface area contributed by atoms with Crippen molar-refractivity contribution < 1.29 is 14.6 Å². The van der Waals surface area contributed by atoms with Gasteiger partial charge in [-0.05, 0) is 35.9 Å².